The predicted molar refractivity (Wildman–Crippen MR) is 38.6 cm³/mol. The summed E-state index contributed by atoms with van der Waals surface area (Å²) in [6, 6.07) is 8.25. The van der Waals surface area contributed by atoms with Gasteiger partial charge in [-0.25, -0.2) is 14.6 Å². The Morgan fingerprint density at radius 2 is 2.00 bits per heavy atom. The molecule has 0 radical (unpaired) electrons. The highest BCUT2D eigenvalue weighted by atomic mass is 17.2. The molecule has 0 saturated heterocycles. The van der Waals surface area contributed by atoms with E-state index in [1.54, 1.807) is 30.3 Å². The van der Waals surface area contributed by atoms with Crippen LogP contribution < -0.4 is 0 Å². The van der Waals surface area contributed by atoms with E-state index < -0.39 is 5.97 Å². The molecule has 0 heterocycles. The monoisotopic (exact) mass is 163 g/mol. The zero-order chi connectivity index (χ0) is 8.81. The first-order chi connectivity index (χ1) is 5.84. The van der Waals surface area contributed by atoms with Crippen LogP contribution >= 0.6 is 0 Å². The Hall–Kier alpha value is -2.02. The molecule has 0 atom stereocenters. The molecular weight excluding hydrogens is 158 g/mol. The maximum Gasteiger partial charge on any atom is 0.387 e. The van der Waals surface area contributed by atoms with Crippen molar-refractivity contribution in [3.05, 3.63) is 35.9 Å². The zero-order valence-electron chi connectivity index (χ0n) is 6.06. The van der Waals surface area contributed by atoms with Crippen molar-refractivity contribution in [2.24, 2.45) is 0 Å². The number of hydrogen-bond donors (Lipinski definition) is 0. The lowest BCUT2D eigenvalue weighted by Crippen LogP contribution is -2.02. The minimum absolute atomic E-state index is 0.341. The fraction of sp³-hybridized carbons (Fsp3) is 0. The largest absolute Gasteiger partial charge is 0.387 e. The van der Waals surface area contributed by atoms with E-state index in [9.17, 15) is 4.79 Å². The molecule has 1 rings (SSSR count). The SMILES string of the molecule is N#COOC(=O)c1ccccc1. The third-order valence-electron chi connectivity index (χ3n) is 1.16. The normalized spacial score (nSPS) is 8.25. The van der Waals surface area contributed by atoms with Gasteiger partial charge in [0.05, 0.1) is 5.56 Å². The number of nitrogens with zero attached hydrogens (tertiary/aromatic N) is 1. The summed E-state index contributed by atoms with van der Waals surface area (Å²) in [5.41, 5.74) is 0.341. The van der Waals surface area contributed by atoms with Crippen LogP contribution in [0.2, 0.25) is 0 Å². The van der Waals surface area contributed by atoms with Crippen LogP contribution in [0.15, 0.2) is 30.3 Å². The van der Waals surface area contributed by atoms with Crippen molar-refractivity contribution in [3.8, 4) is 6.26 Å². The molecule has 0 spiro atoms. The molecule has 1 aromatic carbocycles. The van der Waals surface area contributed by atoms with Gasteiger partial charge in [0.1, 0.15) is 0 Å². The predicted octanol–water partition coefficient (Wildman–Crippen LogP) is 1.26. The minimum Gasteiger partial charge on any atom is -0.241 e. The van der Waals surface area contributed by atoms with Gasteiger partial charge in [0.2, 0.25) is 0 Å². The fourth-order valence-corrected chi connectivity index (χ4v) is 0.679. The zero-order valence-corrected chi connectivity index (χ0v) is 6.06. The van der Waals surface area contributed by atoms with E-state index in [0.717, 1.165) is 0 Å². The van der Waals surface area contributed by atoms with E-state index >= 15 is 0 Å². The second kappa shape index (κ2) is 3.98. The van der Waals surface area contributed by atoms with Crippen LogP contribution in [-0.4, -0.2) is 5.97 Å². The van der Waals surface area contributed by atoms with Crippen LogP contribution in [0, 0.1) is 11.5 Å². The second-order valence-electron chi connectivity index (χ2n) is 1.91. The van der Waals surface area contributed by atoms with E-state index in [4.69, 9.17) is 5.26 Å². The Kier molecular flexibility index (Phi) is 2.68. The van der Waals surface area contributed by atoms with Gasteiger partial charge in [-0.2, -0.15) is 0 Å². The van der Waals surface area contributed by atoms with Gasteiger partial charge >= 0.3 is 12.2 Å². The van der Waals surface area contributed by atoms with Gasteiger partial charge in [0.25, 0.3) is 0 Å². The van der Waals surface area contributed by atoms with Crippen LogP contribution in [0.5, 0.6) is 0 Å². The van der Waals surface area contributed by atoms with E-state index in [1.165, 1.54) is 6.26 Å². The van der Waals surface area contributed by atoms with Gasteiger partial charge < -0.3 is 0 Å². The second-order valence-corrected chi connectivity index (χ2v) is 1.91. The molecule has 60 valence electrons. The number of carbonyl (C=O) groups excluding carboxylic acids is 1. The molecule has 4 nitrogen and oxygen atoms in total. The summed E-state index contributed by atoms with van der Waals surface area (Å²) in [5.74, 6) is -0.683. The topological polar surface area (TPSA) is 59.3 Å². The van der Waals surface area contributed by atoms with Gasteiger partial charge in [-0.1, -0.05) is 18.2 Å². The Bertz CT molecular complexity index is 302. The molecule has 0 aliphatic heterocycles. The number of rotatable bonds is 2. The number of benzene rings is 1. The number of hydrogen-bond acceptors (Lipinski definition) is 4. The Morgan fingerprint density at radius 3 is 2.58 bits per heavy atom. The Balaban J connectivity index is 2.61. The molecule has 4 heteroatoms. The Morgan fingerprint density at radius 1 is 1.33 bits per heavy atom. The van der Waals surface area contributed by atoms with Crippen LogP contribution in [0.4, 0.5) is 0 Å². The van der Waals surface area contributed by atoms with E-state index in [-0.39, 0.29) is 0 Å². The first kappa shape index (κ1) is 8.08. The number of nitriles is 1. The van der Waals surface area contributed by atoms with Gasteiger partial charge in [0.15, 0.2) is 0 Å². The molecule has 0 bridgehead atoms. The third kappa shape index (κ3) is 1.99. The molecule has 0 fully saturated rings. The summed E-state index contributed by atoms with van der Waals surface area (Å²) in [6.07, 6.45) is 1.23. The van der Waals surface area contributed by atoms with Crippen LogP contribution in [0.3, 0.4) is 0 Å². The van der Waals surface area contributed by atoms with E-state index in [1.807, 2.05) is 0 Å². The average Bonchev–Trinajstić information content (AvgIpc) is 2.15. The lowest BCUT2D eigenvalue weighted by atomic mass is 10.2. The van der Waals surface area contributed by atoms with Crippen LogP contribution in [0.1, 0.15) is 10.4 Å². The van der Waals surface area contributed by atoms with E-state index in [2.05, 4.69) is 9.78 Å². The summed E-state index contributed by atoms with van der Waals surface area (Å²) in [4.78, 5) is 18.8. The maximum atomic E-state index is 10.9. The summed E-state index contributed by atoms with van der Waals surface area (Å²) in [7, 11) is 0. The molecular formula is C8H5NO3. The average molecular weight is 163 g/mol. The van der Waals surface area contributed by atoms with Crippen LogP contribution in [0.25, 0.3) is 0 Å². The summed E-state index contributed by atoms with van der Waals surface area (Å²) in [5, 5.41) is 7.91. The molecule has 0 aromatic heterocycles. The highest BCUT2D eigenvalue weighted by Gasteiger charge is 2.06. The maximum absolute atomic E-state index is 10.9. The third-order valence-corrected chi connectivity index (χ3v) is 1.16. The molecule has 1 aromatic rings. The standard InChI is InChI=1S/C8H5NO3/c9-6-11-12-8(10)7-4-2-1-3-5-7/h1-5H. The quantitative estimate of drug-likeness (QED) is 0.374. The first-order valence-electron chi connectivity index (χ1n) is 3.16. The summed E-state index contributed by atoms with van der Waals surface area (Å²) in [6.45, 7) is 0. The molecule has 12 heavy (non-hydrogen) atoms. The highest BCUT2D eigenvalue weighted by Crippen LogP contribution is 2.00. The van der Waals surface area contributed by atoms with Gasteiger partial charge in [-0.3, -0.25) is 0 Å². The fourth-order valence-electron chi connectivity index (χ4n) is 0.679. The molecule has 0 amide bonds. The van der Waals surface area contributed by atoms with Crippen molar-refractivity contribution < 1.29 is 14.6 Å². The summed E-state index contributed by atoms with van der Waals surface area (Å²) < 4.78 is 0. The van der Waals surface area contributed by atoms with Gasteiger partial charge in [0, 0.05) is 0 Å². The smallest absolute Gasteiger partial charge is 0.241 e. The minimum atomic E-state index is -0.683. The molecule has 0 N–H and O–H groups in total. The number of carbonyl (C=O) groups is 1. The van der Waals surface area contributed by atoms with Crippen molar-refractivity contribution in [1.29, 1.82) is 5.26 Å². The van der Waals surface area contributed by atoms with Crippen molar-refractivity contribution in [1.82, 2.24) is 0 Å². The molecule has 0 aliphatic rings. The molecule has 0 aliphatic carbocycles. The van der Waals surface area contributed by atoms with Crippen molar-refractivity contribution in [2.75, 3.05) is 0 Å². The van der Waals surface area contributed by atoms with Crippen molar-refractivity contribution >= 4 is 5.97 Å². The van der Waals surface area contributed by atoms with Crippen molar-refractivity contribution in [3.63, 3.8) is 0 Å². The van der Waals surface area contributed by atoms with E-state index in [0.29, 0.717) is 5.56 Å². The first-order valence-corrected chi connectivity index (χ1v) is 3.16. The molecule has 0 unspecified atom stereocenters. The summed E-state index contributed by atoms with van der Waals surface area (Å²) >= 11 is 0. The van der Waals surface area contributed by atoms with Crippen molar-refractivity contribution in [2.45, 2.75) is 0 Å². The highest BCUT2D eigenvalue weighted by molar-refractivity contribution is 5.88. The lowest BCUT2D eigenvalue weighted by molar-refractivity contribution is -0.180. The lowest BCUT2D eigenvalue weighted by Gasteiger charge is -1.95. The molecule has 0 saturated carbocycles. The Labute approximate surface area is 68.9 Å². The van der Waals surface area contributed by atoms with Gasteiger partial charge in [-0.05, 0) is 12.1 Å². The van der Waals surface area contributed by atoms with Gasteiger partial charge in [-0.15, -0.1) is 5.26 Å². The van der Waals surface area contributed by atoms with Crippen LogP contribution in [-0.2, 0) is 9.78 Å².